The Hall–Kier alpha value is -6.29. The van der Waals surface area contributed by atoms with E-state index in [0.717, 1.165) is 112 Å². The molecule has 16 heteroatoms. The molecule has 4 aliphatic heterocycles. The van der Waals surface area contributed by atoms with E-state index in [2.05, 4.69) is 57.6 Å². The number of methoxy groups -OCH3 is 1. The smallest absolute Gasteiger partial charge is 0.258 e. The monoisotopic (exact) mass is 828 g/mol. The maximum Gasteiger partial charge on any atom is 0.258 e. The number of nitrogens with one attached hydrogen (secondary N) is 4. The van der Waals surface area contributed by atoms with E-state index in [1.807, 2.05) is 18.2 Å². The van der Waals surface area contributed by atoms with E-state index in [4.69, 9.17) is 9.84 Å². The van der Waals surface area contributed by atoms with Gasteiger partial charge in [-0.15, -0.1) is 0 Å². The number of imide groups is 1. The van der Waals surface area contributed by atoms with Crippen LogP contribution in [0.1, 0.15) is 84.5 Å². The number of anilines is 3. The molecule has 318 valence electrons. The van der Waals surface area contributed by atoms with E-state index in [0.29, 0.717) is 33.7 Å². The number of para-hydroxylation sites is 1. The molecule has 16 nitrogen and oxygen atoms in total. The molecule has 4 fully saturated rings. The number of aromatic nitrogens is 4. The number of H-pyrrole nitrogens is 1. The van der Waals surface area contributed by atoms with Gasteiger partial charge in [0.25, 0.3) is 17.4 Å². The van der Waals surface area contributed by atoms with E-state index in [9.17, 15) is 24.0 Å². The summed E-state index contributed by atoms with van der Waals surface area (Å²) in [6.45, 7) is 6.71. The van der Waals surface area contributed by atoms with Gasteiger partial charge in [0.1, 0.15) is 11.8 Å². The van der Waals surface area contributed by atoms with Crippen molar-refractivity contribution in [2.75, 3.05) is 68.0 Å². The topological polar surface area (TPSA) is 187 Å². The van der Waals surface area contributed by atoms with Crippen molar-refractivity contribution in [1.29, 1.82) is 0 Å². The average molecular weight is 829 g/mol. The number of ether oxygens (including phenoxy) is 1. The molecule has 4 N–H and O–H groups in total. The van der Waals surface area contributed by atoms with E-state index in [-0.39, 0.29) is 36.3 Å². The molecule has 4 amide bonds. The van der Waals surface area contributed by atoms with Crippen LogP contribution in [0.3, 0.4) is 0 Å². The molecule has 4 aliphatic rings. The van der Waals surface area contributed by atoms with Gasteiger partial charge in [0.15, 0.2) is 0 Å². The lowest BCUT2D eigenvalue weighted by Crippen LogP contribution is -2.52. The fraction of sp³-hybridized carbons (Fsp3) is 0.444. The highest BCUT2D eigenvalue weighted by Crippen LogP contribution is 2.36. The second-order valence-corrected chi connectivity index (χ2v) is 16.8. The van der Waals surface area contributed by atoms with Gasteiger partial charge in [-0.25, -0.2) is 4.98 Å². The van der Waals surface area contributed by atoms with Gasteiger partial charge in [0, 0.05) is 75.6 Å². The quantitative estimate of drug-likeness (QED) is 0.144. The molecule has 0 radical (unpaired) electrons. The summed E-state index contributed by atoms with van der Waals surface area (Å²) in [6, 6.07) is 14.3. The Labute approximate surface area is 353 Å². The summed E-state index contributed by atoms with van der Waals surface area (Å²) in [5.74, 6) is -0.493. The molecule has 9 rings (SSSR count). The Morgan fingerprint density at radius 2 is 1.66 bits per heavy atom. The van der Waals surface area contributed by atoms with Crippen LogP contribution in [0.4, 0.5) is 17.1 Å². The summed E-state index contributed by atoms with van der Waals surface area (Å²) in [5.41, 5.74) is 4.39. The minimum atomic E-state index is -0.753. The van der Waals surface area contributed by atoms with Crippen molar-refractivity contribution in [1.82, 2.24) is 35.3 Å². The van der Waals surface area contributed by atoms with Crippen LogP contribution in [0.25, 0.3) is 21.8 Å². The highest BCUT2D eigenvalue weighted by atomic mass is 16.5. The molecule has 5 aromatic rings. The van der Waals surface area contributed by atoms with Crippen molar-refractivity contribution >= 4 is 62.5 Å². The summed E-state index contributed by atoms with van der Waals surface area (Å²) >= 11 is 0. The minimum Gasteiger partial charge on any atom is -0.496 e. The average Bonchev–Trinajstić information content (AvgIpc) is 3.70. The lowest BCUT2D eigenvalue weighted by Gasteiger charge is -2.38. The Morgan fingerprint density at radius 1 is 0.852 bits per heavy atom. The van der Waals surface area contributed by atoms with Crippen LogP contribution in [-0.4, -0.2) is 107 Å². The van der Waals surface area contributed by atoms with Crippen LogP contribution >= 0.6 is 0 Å². The van der Waals surface area contributed by atoms with Gasteiger partial charge < -0.3 is 35.1 Å². The van der Waals surface area contributed by atoms with E-state index in [1.165, 1.54) is 19.9 Å². The maximum absolute atomic E-state index is 13.8. The van der Waals surface area contributed by atoms with Crippen molar-refractivity contribution in [2.24, 2.45) is 5.92 Å². The summed E-state index contributed by atoms with van der Waals surface area (Å²) in [6.07, 6.45) is 11.4. The predicted molar refractivity (Wildman–Crippen MR) is 232 cm³/mol. The molecule has 0 aliphatic carbocycles. The van der Waals surface area contributed by atoms with Gasteiger partial charge in [0.2, 0.25) is 11.8 Å². The van der Waals surface area contributed by atoms with Crippen LogP contribution in [0.2, 0.25) is 0 Å². The number of likely N-dealkylation sites (tertiary alicyclic amines) is 1. The van der Waals surface area contributed by atoms with Crippen molar-refractivity contribution < 1.29 is 23.9 Å². The molecule has 0 saturated carbocycles. The van der Waals surface area contributed by atoms with Gasteiger partial charge in [-0.1, -0.05) is 6.07 Å². The van der Waals surface area contributed by atoms with Crippen LogP contribution in [-0.2, 0) is 9.59 Å². The highest BCUT2D eigenvalue weighted by molar-refractivity contribution is 6.13. The van der Waals surface area contributed by atoms with E-state index in [1.54, 1.807) is 24.3 Å². The lowest BCUT2D eigenvalue weighted by atomic mass is 9.94. The fourth-order valence-electron chi connectivity index (χ4n) is 9.47. The number of rotatable bonds is 10. The largest absolute Gasteiger partial charge is 0.496 e. The van der Waals surface area contributed by atoms with Crippen molar-refractivity contribution in [3.63, 3.8) is 0 Å². The Balaban J connectivity index is 0.810. The SMILES string of the molecule is COc1cc(N2CCC(CN3CCC(n4cc5cc(NC(=O)c6cccc7c(=O)[nH]cnc67)c(N6CCCCC6)cc5n4)CC3)CC2)ccc1C(=O)N[C@H]1CCC(=O)NC1=O. The Morgan fingerprint density at radius 3 is 2.43 bits per heavy atom. The zero-order valence-electron chi connectivity index (χ0n) is 34.5. The summed E-state index contributed by atoms with van der Waals surface area (Å²) in [7, 11) is 1.54. The third-order valence-electron chi connectivity index (χ3n) is 12.9. The van der Waals surface area contributed by atoms with E-state index >= 15 is 0 Å². The Kier molecular flexibility index (Phi) is 11.4. The second kappa shape index (κ2) is 17.4. The number of nitrogens with zero attached hydrogens (tertiary/aromatic N) is 6. The lowest BCUT2D eigenvalue weighted by molar-refractivity contribution is -0.134. The number of benzene rings is 3. The van der Waals surface area contributed by atoms with Crippen molar-refractivity contribution in [2.45, 2.75) is 69.9 Å². The van der Waals surface area contributed by atoms with Gasteiger partial charge >= 0.3 is 0 Å². The molecule has 2 aromatic heterocycles. The van der Waals surface area contributed by atoms with Crippen molar-refractivity contribution in [3.8, 4) is 5.75 Å². The highest BCUT2D eigenvalue weighted by Gasteiger charge is 2.30. The van der Waals surface area contributed by atoms with Crippen LogP contribution in [0.15, 0.2) is 65.8 Å². The van der Waals surface area contributed by atoms with Gasteiger partial charge in [-0.3, -0.25) is 34.0 Å². The predicted octanol–water partition coefficient (Wildman–Crippen LogP) is 4.61. The second-order valence-electron chi connectivity index (χ2n) is 16.8. The van der Waals surface area contributed by atoms with Gasteiger partial charge in [-0.05, 0) is 93.7 Å². The molecule has 6 heterocycles. The molecular weight excluding hydrogens is 777 g/mol. The third kappa shape index (κ3) is 8.54. The number of aromatic amines is 1. The number of carbonyl (C=O) groups excluding carboxylic acids is 4. The number of hydrogen-bond acceptors (Lipinski definition) is 11. The van der Waals surface area contributed by atoms with Crippen LogP contribution in [0.5, 0.6) is 5.75 Å². The fourth-order valence-corrected chi connectivity index (χ4v) is 9.47. The van der Waals surface area contributed by atoms with Gasteiger partial charge in [0.05, 0.1) is 58.4 Å². The third-order valence-corrected chi connectivity index (χ3v) is 12.9. The summed E-state index contributed by atoms with van der Waals surface area (Å²) in [4.78, 5) is 77.2. The molecular formula is C45H52N10O6. The zero-order chi connectivity index (χ0) is 42.0. The number of piperidine rings is 4. The molecule has 0 spiro atoms. The molecule has 4 saturated heterocycles. The number of amides is 4. The molecule has 3 aromatic carbocycles. The Bertz CT molecular complexity index is 2530. The molecule has 0 bridgehead atoms. The first-order chi connectivity index (χ1) is 29.7. The first-order valence-corrected chi connectivity index (χ1v) is 21.6. The summed E-state index contributed by atoms with van der Waals surface area (Å²) < 4.78 is 7.74. The molecule has 0 unspecified atom stereocenters. The first-order valence-electron chi connectivity index (χ1n) is 21.6. The number of carbonyl (C=O) groups is 4. The van der Waals surface area contributed by atoms with Crippen LogP contribution < -0.4 is 36.0 Å². The minimum absolute atomic E-state index is 0.190. The normalized spacial score (nSPS) is 19.6. The van der Waals surface area contributed by atoms with E-state index < -0.39 is 17.9 Å². The van der Waals surface area contributed by atoms with Crippen molar-refractivity contribution in [3.05, 3.63) is 82.5 Å². The zero-order valence-corrected chi connectivity index (χ0v) is 34.5. The number of fused-ring (bicyclic) bond motifs is 2. The number of hydrogen-bond donors (Lipinski definition) is 4. The first kappa shape index (κ1) is 40.1. The van der Waals surface area contributed by atoms with Crippen LogP contribution in [0, 0.1) is 5.92 Å². The standard InChI is InChI=1S/C45H52N10O6/c1-61-39-23-31(8-9-32(39)43(58)48-35-10-11-40(56)50-45(35)60)53-20-12-28(13-21-53)25-52-18-14-30(15-19-52)55-26-29-22-37(38(24-36(29)51-55)54-16-3-2-4-17-54)49-44(59)34-7-5-6-33-41(34)46-27-47-42(33)57/h5-9,22-24,26-28,30,35H,2-4,10-21,25H2,1H3,(H,48,58)(H,49,59)(H,46,47,57)(H,50,56,60)/t35-/m0/s1. The molecule has 61 heavy (non-hydrogen) atoms. The maximum atomic E-state index is 13.8. The summed E-state index contributed by atoms with van der Waals surface area (Å²) in [5, 5.41) is 14.7. The van der Waals surface area contributed by atoms with Gasteiger partial charge in [-0.2, -0.15) is 5.10 Å². The molecule has 1 atom stereocenters.